The maximum absolute atomic E-state index is 13.0. The fourth-order valence-corrected chi connectivity index (χ4v) is 3.98. The number of carbonyl (C=O) groups is 1. The van der Waals surface area contributed by atoms with Crippen LogP contribution >= 0.6 is 15.9 Å². The van der Waals surface area contributed by atoms with Gasteiger partial charge in [-0.05, 0) is 23.8 Å². The van der Waals surface area contributed by atoms with Gasteiger partial charge in [-0.1, -0.05) is 58.4 Å². The SMILES string of the molecule is COc1ccc2c(c1)OC(c1ccc(OCc3ccccc3)c(OC)c1)C(=O)C2Br. The normalized spacial score (nSPS) is 17.6. The molecule has 0 N–H and O–H groups in total. The van der Waals surface area contributed by atoms with Crippen LogP contribution in [0.3, 0.4) is 0 Å². The quantitative estimate of drug-likeness (QED) is 0.452. The van der Waals surface area contributed by atoms with Gasteiger partial charge < -0.3 is 18.9 Å². The Morgan fingerprint density at radius 1 is 0.933 bits per heavy atom. The third-order valence-electron chi connectivity index (χ3n) is 4.97. The first kappa shape index (κ1) is 20.3. The van der Waals surface area contributed by atoms with Gasteiger partial charge in [0.15, 0.2) is 23.4 Å². The van der Waals surface area contributed by atoms with Gasteiger partial charge in [-0.2, -0.15) is 0 Å². The summed E-state index contributed by atoms with van der Waals surface area (Å²) in [6.07, 6.45) is -0.758. The zero-order valence-electron chi connectivity index (χ0n) is 16.6. The number of hydrogen-bond acceptors (Lipinski definition) is 5. The van der Waals surface area contributed by atoms with E-state index in [-0.39, 0.29) is 5.78 Å². The van der Waals surface area contributed by atoms with Crippen molar-refractivity contribution >= 4 is 21.7 Å². The molecule has 0 saturated heterocycles. The highest BCUT2D eigenvalue weighted by atomic mass is 79.9. The number of rotatable bonds is 6. The Bertz CT molecular complexity index is 1050. The Kier molecular flexibility index (Phi) is 5.95. The third-order valence-corrected chi connectivity index (χ3v) is 5.92. The zero-order valence-corrected chi connectivity index (χ0v) is 18.2. The van der Waals surface area contributed by atoms with E-state index in [1.165, 1.54) is 0 Å². The lowest BCUT2D eigenvalue weighted by Crippen LogP contribution is -2.27. The summed E-state index contributed by atoms with van der Waals surface area (Å²) in [5.74, 6) is 2.36. The van der Waals surface area contributed by atoms with Gasteiger partial charge in [0.25, 0.3) is 0 Å². The van der Waals surface area contributed by atoms with Gasteiger partial charge in [-0.3, -0.25) is 4.79 Å². The minimum Gasteiger partial charge on any atom is -0.497 e. The summed E-state index contributed by atoms with van der Waals surface area (Å²) in [5, 5.41) is 0. The second-order valence-corrected chi connectivity index (χ2v) is 7.77. The predicted octanol–water partition coefficient (Wildman–Crippen LogP) is 5.42. The van der Waals surface area contributed by atoms with Crippen molar-refractivity contribution < 1.29 is 23.7 Å². The Morgan fingerprint density at radius 3 is 2.47 bits per heavy atom. The molecule has 1 heterocycles. The fourth-order valence-electron chi connectivity index (χ4n) is 3.36. The number of alkyl halides is 1. The first-order valence-corrected chi connectivity index (χ1v) is 10.4. The van der Waals surface area contributed by atoms with E-state index in [2.05, 4.69) is 15.9 Å². The van der Waals surface area contributed by atoms with Crippen LogP contribution in [0.5, 0.6) is 23.0 Å². The summed E-state index contributed by atoms with van der Waals surface area (Å²) < 4.78 is 22.8. The van der Waals surface area contributed by atoms with E-state index in [9.17, 15) is 4.79 Å². The van der Waals surface area contributed by atoms with Crippen molar-refractivity contribution in [1.82, 2.24) is 0 Å². The highest BCUT2D eigenvalue weighted by molar-refractivity contribution is 9.09. The molecule has 0 aliphatic carbocycles. The smallest absolute Gasteiger partial charge is 0.196 e. The number of hydrogen-bond donors (Lipinski definition) is 0. The van der Waals surface area contributed by atoms with Crippen molar-refractivity contribution in [2.24, 2.45) is 0 Å². The number of methoxy groups -OCH3 is 2. The summed E-state index contributed by atoms with van der Waals surface area (Å²) in [6.45, 7) is 0.423. The number of Topliss-reactive ketones (excluding diaryl/α,β-unsaturated/α-hetero) is 1. The molecule has 0 radical (unpaired) electrons. The lowest BCUT2D eigenvalue weighted by atomic mass is 9.95. The molecule has 2 atom stereocenters. The highest BCUT2D eigenvalue weighted by Crippen LogP contribution is 2.45. The number of fused-ring (bicyclic) bond motifs is 1. The van der Waals surface area contributed by atoms with E-state index in [1.807, 2.05) is 48.5 Å². The van der Waals surface area contributed by atoms with Crippen molar-refractivity contribution in [2.75, 3.05) is 14.2 Å². The molecule has 1 aliphatic heterocycles. The van der Waals surface area contributed by atoms with Gasteiger partial charge in [0.1, 0.15) is 22.9 Å². The lowest BCUT2D eigenvalue weighted by molar-refractivity contribution is -0.126. The molecule has 154 valence electrons. The predicted molar refractivity (Wildman–Crippen MR) is 117 cm³/mol. The van der Waals surface area contributed by atoms with E-state index in [1.54, 1.807) is 32.4 Å². The summed E-state index contributed by atoms with van der Waals surface area (Å²) in [6, 6.07) is 20.7. The molecule has 3 aromatic carbocycles. The van der Waals surface area contributed by atoms with Crippen LogP contribution in [0, 0.1) is 0 Å². The number of carbonyl (C=O) groups excluding carboxylic acids is 1. The molecule has 0 saturated carbocycles. The molecule has 0 bridgehead atoms. The van der Waals surface area contributed by atoms with Crippen LogP contribution in [0.1, 0.15) is 27.6 Å². The van der Waals surface area contributed by atoms with Crippen LogP contribution in [-0.4, -0.2) is 20.0 Å². The fraction of sp³-hybridized carbons (Fsp3) is 0.208. The second-order valence-electron chi connectivity index (χ2n) is 6.85. The summed E-state index contributed by atoms with van der Waals surface area (Å²) in [7, 11) is 3.17. The third kappa shape index (κ3) is 4.00. The molecule has 2 unspecified atom stereocenters. The maximum Gasteiger partial charge on any atom is 0.196 e. The molecule has 0 aromatic heterocycles. The van der Waals surface area contributed by atoms with E-state index >= 15 is 0 Å². The van der Waals surface area contributed by atoms with Gasteiger partial charge in [-0.25, -0.2) is 0 Å². The van der Waals surface area contributed by atoms with Crippen LogP contribution in [0.15, 0.2) is 66.7 Å². The Hall–Kier alpha value is -2.99. The molecule has 0 spiro atoms. The average Bonchev–Trinajstić information content (AvgIpc) is 2.80. The van der Waals surface area contributed by atoms with E-state index in [0.717, 1.165) is 11.1 Å². The number of ketones is 1. The highest BCUT2D eigenvalue weighted by Gasteiger charge is 2.37. The molecule has 6 heteroatoms. The van der Waals surface area contributed by atoms with Crippen molar-refractivity contribution in [1.29, 1.82) is 0 Å². The van der Waals surface area contributed by atoms with Crippen molar-refractivity contribution in [3.8, 4) is 23.0 Å². The minimum absolute atomic E-state index is 0.0762. The van der Waals surface area contributed by atoms with Crippen LogP contribution < -0.4 is 18.9 Å². The van der Waals surface area contributed by atoms with Crippen LogP contribution in [0.2, 0.25) is 0 Å². The zero-order chi connectivity index (χ0) is 21.1. The molecular weight excluding hydrogens is 448 g/mol. The van der Waals surface area contributed by atoms with Gasteiger partial charge in [0.05, 0.1) is 14.2 Å². The largest absolute Gasteiger partial charge is 0.497 e. The minimum atomic E-state index is -0.758. The number of benzene rings is 3. The number of ether oxygens (including phenoxy) is 4. The molecular formula is C24H21BrO5. The second kappa shape index (κ2) is 8.79. The summed E-state index contributed by atoms with van der Waals surface area (Å²) in [4.78, 5) is 12.5. The Balaban J connectivity index is 1.59. The van der Waals surface area contributed by atoms with Crippen molar-refractivity contribution in [3.05, 3.63) is 83.4 Å². The van der Waals surface area contributed by atoms with Gasteiger partial charge in [0, 0.05) is 17.2 Å². The molecule has 0 amide bonds. The van der Waals surface area contributed by atoms with Gasteiger partial charge in [-0.15, -0.1) is 0 Å². The summed E-state index contributed by atoms with van der Waals surface area (Å²) >= 11 is 3.51. The van der Waals surface area contributed by atoms with Crippen LogP contribution in [-0.2, 0) is 11.4 Å². The molecule has 1 aliphatic rings. The van der Waals surface area contributed by atoms with E-state index in [0.29, 0.717) is 35.2 Å². The topological polar surface area (TPSA) is 54.0 Å². The van der Waals surface area contributed by atoms with Crippen molar-refractivity contribution in [3.63, 3.8) is 0 Å². The maximum atomic E-state index is 13.0. The standard InChI is InChI=1S/C24H21BrO5/c1-27-17-9-10-18-20(13-17)30-24(23(26)22(18)25)16-8-11-19(21(12-16)28-2)29-14-15-6-4-3-5-7-15/h3-13,22,24H,14H2,1-2H3. The van der Waals surface area contributed by atoms with Crippen LogP contribution in [0.4, 0.5) is 0 Å². The van der Waals surface area contributed by atoms with Gasteiger partial charge in [0.2, 0.25) is 0 Å². The first-order valence-electron chi connectivity index (χ1n) is 9.47. The molecule has 4 rings (SSSR count). The average molecular weight is 469 g/mol. The first-order chi connectivity index (χ1) is 14.6. The monoisotopic (exact) mass is 468 g/mol. The van der Waals surface area contributed by atoms with Gasteiger partial charge >= 0.3 is 0 Å². The molecule has 30 heavy (non-hydrogen) atoms. The van der Waals surface area contributed by atoms with E-state index < -0.39 is 10.9 Å². The van der Waals surface area contributed by atoms with Crippen LogP contribution in [0.25, 0.3) is 0 Å². The Morgan fingerprint density at radius 2 is 1.73 bits per heavy atom. The van der Waals surface area contributed by atoms with E-state index in [4.69, 9.17) is 18.9 Å². The number of halogens is 1. The van der Waals surface area contributed by atoms with Crippen molar-refractivity contribution in [2.45, 2.75) is 17.5 Å². The lowest BCUT2D eigenvalue weighted by Gasteiger charge is -2.29. The Labute approximate surface area is 183 Å². The molecule has 3 aromatic rings. The molecule has 0 fully saturated rings. The molecule has 5 nitrogen and oxygen atoms in total. The summed E-state index contributed by atoms with van der Waals surface area (Å²) in [5.41, 5.74) is 2.54.